The smallest absolute Gasteiger partial charge is 0.310 e. The molecule has 1 aromatic carbocycles. The number of carbonyl (C=O) groups excluding carboxylic acids is 1. The van der Waals surface area contributed by atoms with Crippen molar-refractivity contribution in [1.82, 2.24) is 4.90 Å². The predicted octanol–water partition coefficient (Wildman–Crippen LogP) is 2.87. The van der Waals surface area contributed by atoms with Crippen LogP contribution in [0.2, 0.25) is 0 Å². The molecule has 0 N–H and O–H groups in total. The number of likely N-dealkylation sites (tertiary alicyclic amines) is 1. The molecule has 20 heavy (non-hydrogen) atoms. The molecule has 1 fully saturated rings. The second kappa shape index (κ2) is 6.71. The molecule has 0 bridgehead atoms. The predicted molar refractivity (Wildman–Crippen MR) is 80.1 cm³/mol. The largest absolute Gasteiger partial charge is 0.469 e. The minimum atomic E-state index is -0.0944. The van der Waals surface area contributed by atoms with Crippen LogP contribution >= 0.6 is 0 Å². The van der Waals surface area contributed by atoms with E-state index in [2.05, 4.69) is 49.1 Å². The quantitative estimate of drug-likeness (QED) is 0.624. The van der Waals surface area contributed by atoms with Crippen molar-refractivity contribution in [3.8, 4) is 0 Å². The summed E-state index contributed by atoms with van der Waals surface area (Å²) in [6.07, 6.45) is 2.20. The van der Waals surface area contributed by atoms with E-state index >= 15 is 0 Å². The van der Waals surface area contributed by atoms with Crippen LogP contribution < -0.4 is 0 Å². The summed E-state index contributed by atoms with van der Waals surface area (Å²) in [5, 5.41) is 0. The minimum absolute atomic E-state index is 0.0430. The molecule has 1 aliphatic heterocycles. The van der Waals surface area contributed by atoms with Crippen LogP contribution in [0.4, 0.5) is 0 Å². The van der Waals surface area contributed by atoms with Crippen molar-refractivity contribution in [2.24, 2.45) is 11.8 Å². The Morgan fingerprint density at radius 2 is 2.00 bits per heavy atom. The van der Waals surface area contributed by atoms with Crippen LogP contribution in [0.1, 0.15) is 19.4 Å². The molecule has 1 heterocycles. The van der Waals surface area contributed by atoms with E-state index in [1.807, 2.05) is 6.07 Å². The third kappa shape index (κ3) is 3.70. The molecule has 0 aliphatic carbocycles. The van der Waals surface area contributed by atoms with Gasteiger partial charge in [0.1, 0.15) is 0 Å². The van der Waals surface area contributed by atoms with Crippen LogP contribution in [0, 0.1) is 11.8 Å². The lowest BCUT2D eigenvalue weighted by Gasteiger charge is -2.15. The lowest BCUT2D eigenvalue weighted by Crippen LogP contribution is -2.24. The minimum Gasteiger partial charge on any atom is -0.469 e. The first-order chi connectivity index (χ1) is 9.60. The molecular weight excluding hydrogens is 250 g/mol. The third-order valence-electron chi connectivity index (χ3n) is 3.74. The molecule has 3 nitrogen and oxygen atoms in total. The van der Waals surface area contributed by atoms with Gasteiger partial charge in [0.15, 0.2) is 0 Å². The fourth-order valence-corrected chi connectivity index (χ4v) is 2.88. The molecule has 0 saturated carbocycles. The van der Waals surface area contributed by atoms with Gasteiger partial charge in [0.05, 0.1) is 13.0 Å². The van der Waals surface area contributed by atoms with Gasteiger partial charge in [0, 0.05) is 25.6 Å². The van der Waals surface area contributed by atoms with Gasteiger partial charge in [0.2, 0.25) is 0 Å². The number of rotatable bonds is 4. The molecule has 0 aromatic heterocycles. The average molecular weight is 273 g/mol. The fourth-order valence-electron chi connectivity index (χ4n) is 2.88. The highest BCUT2D eigenvalue weighted by Gasteiger charge is 2.36. The van der Waals surface area contributed by atoms with Gasteiger partial charge in [-0.15, -0.1) is 0 Å². The Kier molecular flexibility index (Phi) is 4.96. The first-order valence-corrected chi connectivity index (χ1v) is 7.09. The summed E-state index contributed by atoms with van der Waals surface area (Å²) in [7, 11) is 1.47. The standard InChI is InChI=1S/C17H23NO2/c1-13(2)9-15-11-18(12-16(15)17(19)20-3)10-14-7-5-4-6-8-14/h4-9,15-16H,10-12H2,1-3H3. The number of allylic oxidation sites excluding steroid dienone is 1. The van der Waals surface area contributed by atoms with Gasteiger partial charge >= 0.3 is 5.97 Å². The summed E-state index contributed by atoms with van der Waals surface area (Å²) in [5.74, 6) is 0.123. The van der Waals surface area contributed by atoms with Crippen molar-refractivity contribution in [2.75, 3.05) is 20.2 Å². The number of ether oxygens (including phenoxy) is 1. The molecule has 2 rings (SSSR count). The highest BCUT2D eigenvalue weighted by Crippen LogP contribution is 2.28. The normalized spacial score (nSPS) is 22.6. The molecule has 1 saturated heterocycles. The molecule has 1 aliphatic rings. The third-order valence-corrected chi connectivity index (χ3v) is 3.74. The first-order valence-electron chi connectivity index (χ1n) is 7.09. The maximum Gasteiger partial charge on any atom is 0.310 e. The van der Waals surface area contributed by atoms with E-state index in [4.69, 9.17) is 4.74 Å². The number of benzene rings is 1. The number of nitrogens with zero attached hydrogens (tertiary/aromatic N) is 1. The Morgan fingerprint density at radius 3 is 2.60 bits per heavy atom. The summed E-state index contributed by atoms with van der Waals surface area (Å²) < 4.78 is 4.95. The molecular formula is C17H23NO2. The summed E-state index contributed by atoms with van der Waals surface area (Å²) in [6, 6.07) is 10.4. The molecule has 2 unspecified atom stereocenters. The van der Waals surface area contributed by atoms with E-state index in [0.29, 0.717) is 0 Å². The van der Waals surface area contributed by atoms with E-state index in [9.17, 15) is 4.79 Å². The van der Waals surface area contributed by atoms with Crippen molar-refractivity contribution in [3.05, 3.63) is 47.5 Å². The number of methoxy groups -OCH3 is 1. The van der Waals surface area contributed by atoms with E-state index in [0.717, 1.165) is 19.6 Å². The Hall–Kier alpha value is -1.61. The van der Waals surface area contributed by atoms with E-state index in [1.165, 1.54) is 18.2 Å². The highest BCUT2D eigenvalue weighted by atomic mass is 16.5. The lowest BCUT2D eigenvalue weighted by molar-refractivity contribution is -0.145. The lowest BCUT2D eigenvalue weighted by atomic mass is 9.94. The molecule has 108 valence electrons. The summed E-state index contributed by atoms with van der Waals surface area (Å²) in [4.78, 5) is 14.3. The van der Waals surface area contributed by atoms with Gasteiger partial charge in [0.25, 0.3) is 0 Å². The number of esters is 1. The maximum atomic E-state index is 11.9. The van der Waals surface area contributed by atoms with Gasteiger partial charge in [-0.2, -0.15) is 0 Å². The highest BCUT2D eigenvalue weighted by molar-refractivity contribution is 5.73. The first kappa shape index (κ1) is 14.8. The zero-order chi connectivity index (χ0) is 14.5. The van der Waals surface area contributed by atoms with Crippen LogP contribution in [0.5, 0.6) is 0 Å². The zero-order valence-electron chi connectivity index (χ0n) is 12.5. The van der Waals surface area contributed by atoms with Crippen LogP contribution in [0.3, 0.4) is 0 Å². The van der Waals surface area contributed by atoms with Crippen molar-refractivity contribution in [1.29, 1.82) is 0 Å². The average Bonchev–Trinajstić information content (AvgIpc) is 2.81. The van der Waals surface area contributed by atoms with Crippen LogP contribution in [0.15, 0.2) is 42.0 Å². The number of hydrogen-bond acceptors (Lipinski definition) is 3. The van der Waals surface area contributed by atoms with Crippen molar-refractivity contribution in [2.45, 2.75) is 20.4 Å². The summed E-state index contributed by atoms with van der Waals surface area (Å²) in [5.41, 5.74) is 2.54. The Morgan fingerprint density at radius 1 is 1.30 bits per heavy atom. The topological polar surface area (TPSA) is 29.5 Å². The van der Waals surface area contributed by atoms with Gasteiger partial charge < -0.3 is 4.74 Å². The van der Waals surface area contributed by atoms with Gasteiger partial charge in [-0.05, 0) is 19.4 Å². The Labute approximate surface area is 121 Å². The maximum absolute atomic E-state index is 11.9. The molecule has 0 spiro atoms. The monoisotopic (exact) mass is 273 g/mol. The van der Waals surface area contributed by atoms with E-state index in [1.54, 1.807) is 0 Å². The SMILES string of the molecule is COC(=O)C1CN(Cc2ccccc2)CC1C=C(C)C. The van der Waals surface area contributed by atoms with Crippen LogP contribution in [0.25, 0.3) is 0 Å². The van der Waals surface area contributed by atoms with Crippen molar-refractivity contribution < 1.29 is 9.53 Å². The zero-order valence-corrected chi connectivity index (χ0v) is 12.5. The fraction of sp³-hybridized carbons (Fsp3) is 0.471. The summed E-state index contributed by atoms with van der Waals surface area (Å²) >= 11 is 0. The van der Waals surface area contributed by atoms with Crippen molar-refractivity contribution >= 4 is 5.97 Å². The van der Waals surface area contributed by atoms with Crippen molar-refractivity contribution in [3.63, 3.8) is 0 Å². The molecule has 0 radical (unpaired) electrons. The van der Waals surface area contributed by atoms with Gasteiger partial charge in [-0.3, -0.25) is 9.69 Å². The van der Waals surface area contributed by atoms with Crippen LogP contribution in [-0.2, 0) is 16.1 Å². The van der Waals surface area contributed by atoms with E-state index < -0.39 is 0 Å². The second-order valence-corrected chi connectivity index (χ2v) is 5.72. The second-order valence-electron chi connectivity index (χ2n) is 5.72. The Bertz CT molecular complexity index is 477. The van der Waals surface area contributed by atoms with E-state index in [-0.39, 0.29) is 17.8 Å². The molecule has 3 heteroatoms. The molecule has 0 amide bonds. The van der Waals surface area contributed by atoms with Gasteiger partial charge in [-0.1, -0.05) is 42.0 Å². The van der Waals surface area contributed by atoms with Gasteiger partial charge in [-0.25, -0.2) is 0 Å². The van der Waals surface area contributed by atoms with Crippen LogP contribution in [-0.4, -0.2) is 31.1 Å². The summed E-state index contributed by atoms with van der Waals surface area (Å²) in [6.45, 7) is 6.74. The Balaban J connectivity index is 2.07. The molecule has 1 aromatic rings. The molecule has 2 atom stereocenters. The number of carbonyl (C=O) groups is 1. The number of hydrogen-bond donors (Lipinski definition) is 0.